The van der Waals surface area contributed by atoms with Crippen molar-refractivity contribution in [2.75, 3.05) is 19.0 Å². The van der Waals surface area contributed by atoms with Crippen molar-refractivity contribution < 1.29 is 23.4 Å². The molecule has 3 aromatic heterocycles. The van der Waals surface area contributed by atoms with Crippen molar-refractivity contribution >= 4 is 34.8 Å². The number of fused-ring (bicyclic) bond motifs is 1. The number of H-pyrrole nitrogens is 1. The van der Waals surface area contributed by atoms with E-state index in [1.165, 1.54) is 0 Å². The molecule has 3 N–H and O–H groups in total. The van der Waals surface area contributed by atoms with Gasteiger partial charge in [0.15, 0.2) is 23.9 Å². The molecule has 0 bridgehead atoms. The summed E-state index contributed by atoms with van der Waals surface area (Å²) < 4.78 is 32.5. The number of carbonyl (C=O) groups is 1. The molecule has 0 unspecified atom stereocenters. The molecule has 0 aromatic carbocycles. The fraction of sp³-hybridized carbons (Fsp3) is 0.500. The second-order valence-corrected chi connectivity index (χ2v) is 8.86. The van der Waals surface area contributed by atoms with Crippen LogP contribution < -0.4 is 10.6 Å². The molecule has 4 heterocycles. The van der Waals surface area contributed by atoms with Gasteiger partial charge in [0.25, 0.3) is 0 Å². The van der Waals surface area contributed by atoms with E-state index in [9.17, 15) is 9.18 Å². The van der Waals surface area contributed by atoms with Crippen molar-refractivity contribution in [2.45, 2.75) is 50.3 Å². The van der Waals surface area contributed by atoms with Crippen LogP contribution in [0.1, 0.15) is 37.3 Å². The van der Waals surface area contributed by atoms with Crippen molar-refractivity contribution in [3.8, 4) is 0 Å². The lowest BCUT2D eigenvalue weighted by Crippen LogP contribution is -2.39. The highest BCUT2D eigenvalue weighted by molar-refractivity contribution is 6.29. The first kappa shape index (κ1) is 21.9. The van der Waals surface area contributed by atoms with Crippen molar-refractivity contribution in [3.63, 3.8) is 0 Å². The Kier molecular flexibility index (Phi) is 5.59. The lowest BCUT2D eigenvalue weighted by atomic mass is 10.1. The molecule has 33 heavy (non-hydrogen) atoms. The van der Waals surface area contributed by atoms with Crippen molar-refractivity contribution in [3.05, 3.63) is 34.9 Å². The minimum Gasteiger partial charge on any atom is -0.441 e. The molecular formula is C20H23ClFN7O4. The zero-order valence-corrected chi connectivity index (χ0v) is 18.7. The average molecular weight is 480 g/mol. The average Bonchev–Trinajstić information content (AvgIpc) is 3.11. The van der Waals surface area contributed by atoms with Crippen LogP contribution in [-0.2, 0) is 20.8 Å². The molecule has 1 aliphatic carbocycles. The largest absolute Gasteiger partial charge is 0.441 e. The Hall–Kier alpha value is -2.96. The molecule has 0 radical (unpaired) electrons. The van der Waals surface area contributed by atoms with Crippen LogP contribution in [0.25, 0.3) is 5.52 Å². The van der Waals surface area contributed by atoms with E-state index in [2.05, 4.69) is 30.9 Å². The summed E-state index contributed by atoms with van der Waals surface area (Å²) >= 11 is 6.12. The summed E-state index contributed by atoms with van der Waals surface area (Å²) in [7, 11) is 1.58. The van der Waals surface area contributed by atoms with Gasteiger partial charge in [0.05, 0.1) is 30.8 Å². The van der Waals surface area contributed by atoms with Crippen LogP contribution in [0.15, 0.2) is 18.3 Å². The molecule has 11 nitrogen and oxygen atoms in total. The zero-order valence-electron chi connectivity index (χ0n) is 18.0. The van der Waals surface area contributed by atoms with E-state index in [4.69, 9.17) is 25.8 Å². The Labute approximate surface area is 192 Å². The number of methoxy groups -OCH3 is 1. The highest BCUT2D eigenvalue weighted by atomic mass is 35.5. The number of hydrogen-bond acceptors (Lipinski definition) is 8. The van der Waals surface area contributed by atoms with Gasteiger partial charge in [0.1, 0.15) is 16.8 Å². The summed E-state index contributed by atoms with van der Waals surface area (Å²) in [4.78, 5) is 16.3. The number of hydrogen-bond donors (Lipinski definition) is 3. The summed E-state index contributed by atoms with van der Waals surface area (Å²) in [6.45, 7) is 2.20. The van der Waals surface area contributed by atoms with Gasteiger partial charge in [-0.1, -0.05) is 11.6 Å². The van der Waals surface area contributed by atoms with Crippen LogP contribution in [0.3, 0.4) is 0 Å². The summed E-state index contributed by atoms with van der Waals surface area (Å²) in [5.74, 6) is 0.807. The van der Waals surface area contributed by atoms with E-state index in [0.717, 1.165) is 12.8 Å². The third-order valence-corrected chi connectivity index (χ3v) is 5.85. The molecule has 1 amide bonds. The zero-order chi connectivity index (χ0) is 23.2. The van der Waals surface area contributed by atoms with Crippen LogP contribution in [0.5, 0.6) is 0 Å². The molecule has 2 aliphatic rings. The third kappa shape index (κ3) is 4.59. The maximum Gasteiger partial charge on any atom is 0.408 e. The molecule has 1 saturated heterocycles. The fourth-order valence-electron chi connectivity index (χ4n) is 3.66. The normalized spacial score (nSPS) is 23.6. The van der Waals surface area contributed by atoms with E-state index in [-0.39, 0.29) is 17.3 Å². The number of alkyl halides is 1. The maximum atomic E-state index is 15.0. The summed E-state index contributed by atoms with van der Waals surface area (Å²) in [6, 6.07) is 3.42. The second kappa shape index (κ2) is 8.43. The number of rotatable bonds is 7. The molecule has 3 atom stereocenters. The molecular weight excluding hydrogens is 457 g/mol. The molecule has 0 spiro atoms. The number of halogens is 2. The summed E-state index contributed by atoms with van der Waals surface area (Å²) in [5, 5.41) is 17.4. The van der Waals surface area contributed by atoms with Crippen molar-refractivity contribution in [1.82, 2.24) is 30.1 Å². The van der Waals surface area contributed by atoms with Crippen LogP contribution >= 0.6 is 11.6 Å². The number of carbonyl (C=O) groups excluding carboxylic acids is 1. The number of amides is 1. The van der Waals surface area contributed by atoms with E-state index in [1.54, 1.807) is 23.9 Å². The smallest absolute Gasteiger partial charge is 0.408 e. The summed E-state index contributed by atoms with van der Waals surface area (Å²) in [6.07, 6.45) is -0.778. The third-order valence-electron chi connectivity index (χ3n) is 5.67. The minimum atomic E-state index is -1.54. The number of aromatic nitrogens is 5. The molecule has 1 aliphatic heterocycles. The van der Waals surface area contributed by atoms with Gasteiger partial charge < -0.3 is 24.8 Å². The molecule has 13 heteroatoms. The SMILES string of the molecule is COCc1cc2c(Nc3cc([C@@H]4OC[C@H](OC(=O)NC5(C)CC5)[C@H]4F)[nH]n3)nc(Cl)cn2n1. The van der Waals surface area contributed by atoms with Crippen LogP contribution in [0.4, 0.5) is 20.8 Å². The lowest BCUT2D eigenvalue weighted by molar-refractivity contribution is 0.0604. The topological polar surface area (TPSA) is 128 Å². The van der Waals surface area contributed by atoms with Crippen molar-refractivity contribution in [2.24, 2.45) is 0 Å². The lowest BCUT2D eigenvalue weighted by Gasteiger charge is -2.17. The first-order valence-corrected chi connectivity index (χ1v) is 10.8. The predicted octanol–water partition coefficient (Wildman–Crippen LogP) is 3.05. The number of ether oxygens (including phenoxy) is 3. The summed E-state index contributed by atoms with van der Waals surface area (Å²) in [5.41, 5.74) is 1.53. The van der Waals surface area contributed by atoms with Gasteiger partial charge in [-0.15, -0.1) is 0 Å². The first-order valence-electron chi connectivity index (χ1n) is 10.4. The van der Waals surface area contributed by atoms with Crippen molar-refractivity contribution in [1.29, 1.82) is 0 Å². The van der Waals surface area contributed by atoms with E-state index in [0.29, 0.717) is 35.1 Å². The number of nitrogens with zero attached hydrogens (tertiary/aromatic N) is 4. The number of anilines is 2. The number of aromatic amines is 1. The Morgan fingerprint density at radius 2 is 2.27 bits per heavy atom. The molecule has 1 saturated carbocycles. The number of alkyl carbamates (subject to hydrolysis) is 1. The van der Waals surface area contributed by atoms with Gasteiger partial charge in [-0.05, 0) is 25.8 Å². The van der Waals surface area contributed by atoms with E-state index < -0.39 is 24.5 Å². The molecule has 2 fully saturated rings. The van der Waals surface area contributed by atoms with Gasteiger partial charge in [0.2, 0.25) is 0 Å². The standard InChI is InChI=1S/C20H23ClFN7O4/c1-20(3-4-20)25-19(30)33-13-9-32-17(16(13)22)11-6-15(27-26-11)24-18-12-5-10(8-31-2)28-29(12)7-14(21)23-18/h5-7,13,16-17H,3-4,8-9H2,1-2H3,(H,25,30)(H2,23,24,26,27)/t13-,16+,17-/m0/s1. The van der Waals surface area contributed by atoms with Gasteiger partial charge in [0, 0.05) is 18.7 Å². The quantitative estimate of drug-likeness (QED) is 0.471. The van der Waals surface area contributed by atoms with Crippen LogP contribution in [-0.4, -0.2) is 62.4 Å². The van der Waals surface area contributed by atoms with Crippen LogP contribution in [0.2, 0.25) is 5.15 Å². The molecule has 5 rings (SSSR count). The predicted molar refractivity (Wildman–Crippen MR) is 115 cm³/mol. The molecule has 3 aromatic rings. The Balaban J connectivity index is 1.27. The van der Waals surface area contributed by atoms with E-state index in [1.807, 2.05) is 13.0 Å². The Morgan fingerprint density at radius 1 is 1.45 bits per heavy atom. The van der Waals surface area contributed by atoms with Gasteiger partial charge >= 0.3 is 6.09 Å². The van der Waals surface area contributed by atoms with Gasteiger partial charge in [-0.3, -0.25) is 5.10 Å². The Morgan fingerprint density at radius 3 is 3.03 bits per heavy atom. The van der Waals surface area contributed by atoms with Crippen LogP contribution in [0, 0.1) is 0 Å². The van der Waals surface area contributed by atoms with Gasteiger partial charge in [-0.2, -0.15) is 10.2 Å². The highest BCUT2D eigenvalue weighted by Gasteiger charge is 2.44. The monoisotopic (exact) mass is 479 g/mol. The molecule has 176 valence electrons. The highest BCUT2D eigenvalue weighted by Crippen LogP contribution is 2.36. The minimum absolute atomic E-state index is 0.0493. The van der Waals surface area contributed by atoms with E-state index >= 15 is 0 Å². The second-order valence-electron chi connectivity index (χ2n) is 8.47. The maximum absolute atomic E-state index is 15.0. The number of nitrogens with one attached hydrogen (secondary N) is 3. The Bertz CT molecular complexity index is 1180. The van der Waals surface area contributed by atoms with Gasteiger partial charge in [-0.25, -0.2) is 18.7 Å². The fourth-order valence-corrected chi connectivity index (χ4v) is 3.83. The first-order chi connectivity index (χ1) is 15.8.